The van der Waals surface area contributed by atoms with Crippen LogP contribution in [0.15, 0.2) is 11.6 Å². The van der Waals surface area contributed by atoms with Gasteiger partial charge in [0.1, 0.15) is 5.72 Å². The van der Waals surface area contributed by atoms with Crippen LogP contribution in [0.4, 0.5) is 0 Å². The van der Waals surface area contributed by atoms with Crippen LogP contribution in [0.3, 0.4) is 0 Å². The number of rotatable bonds is 0. The van der Waals surface area contributed by atoms with Gasteiger partial charge >= 0.3 is 0 Å². The predicted molar refractivity (Wildman–Crippen MR) is 72.4 cm³/mol. The topological polar surface area (TPSA) is 40.5 Å². The van der Waals surface area contributed by atoms with Gasteiger partial charge in [0.25, 0.3) is 0 Å². The van der Waals surface area contributed by atoms with E-state index in [2.05, 4.69) is 11.8 Å². The number of hydrogen-bond acceptors (Lipinski definition) is 3. The fourth-order valence-corrected chi connectivity index (χ4v) is 5.61. The van der Waals surface area contributed by atoms with Gasteiger partial charge in [0, 0.05) is 24.4 Å². The molecule has 104 valence electrons. The Bertz CT molecular complexity index is 471. The SMILES string of the molecule is CC1CC2=CC(=O)C3CCCN4CCCC23C4(O)C1. The molecule has 2 heterocycles. The van der Waals surface area contributed by atoms with Crippen LogP contribution in [0, 0.1) is 17.3 Å². The minimum absolute atomic E-state index is 0.0605. The number of nitrogens with zero attached hydrogens (tertiary/aromatic N) is 1. The number of hydrogen-bond donors (Lipinski definition) is 1. The Kier molecular flexibility index (Phi) is 2.36. The monoisotopic (exact) mass is 261 g/mol. The molecular weight excluding hydrogens is 238 g/mol. The highest BCUT2D eigenvalue weighted by Crippen LogP contribution is 2.64. The van der Waals surface area contributed by atoms with Gasteiger partial charge in [-0.25, -0.2) is 0 Å². The van der Waals surface area contributed by atoms with Crippen molar-refractivity contribution in [1.29, 1.82) is 0 Å². The van der Waals surface area contributed by atoms with Gasteiger partial charge in [-0.3, -0.25) is 9.69 Å². The molecule has 2 saturated heterocycles. The molecule has 0 radical (unpaired) electrons. The lowest BCUT2D eigenvalue weighted by Crippen LogP contribution is -2.67. The van der Waals surface area contributed by atoms with Crippen LogP contribution in [-0.4, -0.2) is 34.6 Å². The Morgan fingerprint density at radius 3 is 3.00 bits per heavy atom. The number of allylic oxidation sites excluding steroid dienone is 1. The summed E-state index contributed by atoms with van der Waals surface area (Å²) in [7, 11) is 0. The molecule has 1 N–H and O–H groups in total. The second kappa shape index (κ2) is 3.70. The van der Waals surface area contributed by atoms with Gasteiger partial charge in [-0.1, -0.05) is 12.5 Å². The summed E-state index contributed by atoms with van der Waals surface area (Å²) in [6, 6.07) is 0. The smallest absolute Gasteiger partial charge is 0.159 e. The lowest BCUT2D eigenvalue weighted by Gasteiger charge is -2.60. The summed E-state index contributed by atoms with van der Waals surface area (Å²) in [6.45, 7) is 4.17. The Balaban J connectivity index is 1.93. The first kappa shape index (κ1) is 12.1. The first-order chi connectivity index (χ1) is 9.08. The lowest BCUT2D eigenvalue weighted by molar-refractivity contribution is -0.230. The molecule has 1 spiro atoms. The highest BCUT2D eigenvalue weighted by molar-refractivity contribution is 5.97. The van der Waals surface area contributed by atoms with Crippen molar-refractivity contribution in [2.45, 2.75) is 51.2 Å². The van der Waals surface area contributed by atoms with Gasteiger partial charge in [-0.15, -0.1) is 0 Å². The molecule has 4 aliphatic rings. The molecule has 4 rings (SSSR count). The van der Waals surface area contributed by atoms with Gasteiger partial charge in [-0.2, -0.15) is 0 Å². The maximum absolute atomic E-state index is 12.4. The summed E-state index contributed by atoms with van der Waals surface area (Å²) in [5, 5.41) is 11.5. The number of piperidine rings is 1. The molecule has 0 aromatic rings. The second-order valence-electron chi connectivity index (χ2n) is 7.16. The Morgan fingerprint density at radius 1 is 1.37 bits per heavy atom. The van der Waals surface area contributed by atoms with E-state index in [1.165, 1.54) is 5.57 Å². The van der Waals surface area contributed by atoms with Crippen LogP contribution in [0.25, 0.3) is 0 Å². The van der Waals surface area contributed by atoms with E-state index in [1.807, 2.05) is 6.08 Å². The molecule has 2 bridgehead atoms. The third kappa shape index (κ3) is 1.28. The van der Waals surface area contributed by atoms with E-state index < -0.39 is 5.72 Å². The Labute approximate surface area is 114 Å². The van der Waals surface area contributed by atoms with Crippen LogP contribution in [0.2, 0.25) is 0 Å². The minimum atomic E-state index is -0.748. The van der Waals surface area contributed by atoms with Crippen molar-refractivity contribution < 1.29 is 9.90 Å². The molecule has 2 aliphatic carbocycles. The van der Waals surface area contributed by atoms with Crippen LogP contribution in [0.1, 0.15) is 45.4 Å². The molecule has 0 aromatic carbocycles. The van der Waals surface area contributed by atoms with E-state index in [0.29, 0.717) is 11.7 Å². The maximum atomic E-state index is 12.4. The third-order valence-corrected chi connectivity index (χ3v) is 6.19. The largest absolute Gasteiger partial charge is 0.375 e. The van der Waals surface area contributed by atoms with Crippen LogP contribution in [0.5, 0.6) is 0 Å². The zero-order chi connectivity index (χ0) is 13.3. The van der Waals surface area contributed by atoms with E-state index in [9.17, 15) is 9.90 Å². The average Bonchev–Trinajstić information content (AvgIpc) is 2.59. The molecule has 2 aliphatic heterocycles. The number of aliphatic hydroxyl groups is 1. The quantitative estimate of drug-likeness (QED) is 0.726. The standard InChI is InChI=1S/C16H23NO2/c1-11-8-12-9-14(18)13-4-2-6-17-7-3-5-15(12,13)16(17,19)10-11/h9,11,13,19H,2-8,10H2,1H3. The van der Waals surface area contributed by atoms with E-state index in [4.69, 9.17) is 0 Å². The molecule has 5 unspecified atom stereocenters. The molecular formula is C16H23NO2. The molecule has 5 atom stereocenters. The van der Waals surface area contributed by atoms with Gasteiger partial charge in [0.05, 0.1) is 0 Å². The van der Waals surface area contributed by atoms with E-state index in [-0.39, 0.29) is 11.3 Å². The van der Waals surface area contributed by atoms with Gasteiger partial charge < -0.3 is 5.11 Å². The van der Waals surface area contributed by atoms with Crippen molar-refractivity contribution >= 4 is 5.78 Å². The summed E-state index contributed by atoms with van der Waals surface area (Å²) >= 11 is 0. The van der Waals surface area contributed by atoms with Gasteiger partial charge in [0.2, 0.25) is 0 Å². The molecule has 19 heavy (non-hydrogen) atoms. The fraction of sp³-hybridized carbons (Fsp3) is 0.812. The molecule has 3 nitrogen and oxygen atoms in total. The Morgan fingerprint density at radius 2 is 2.16 bits per heavy atom. The summed E-state index contributed by atoms with van der Waals surface area (Å²) in [6.07, 6.45) is 7.90. The van der Waals surface area contributed by atoms with Crippen LogP contribution in [-0.2, 0) is 4.79 Å². The normalized spacial score (nSPS) is 52.4. The first-order valence-electron chi connectivity index (χ1n) is 7.80. The number of ketones is 1. The molecule has 3 heteroatoms. The van der Waals surface area contributed by atoms with Crippen molar-refractivity contribution in [2.75, 3.05) is 13.1 Å². The van der Waals surface area contributed by atoms with Crippen molar-refractivity contribution in [3.05, 3.63) is 11.6 Å². The van der Waals surface area contributed by atoms with Gasteiger partial charge in [-0.05, 0) is 50.5 Å². The fourth-order valence-electron chi connectivity index (χ4n) is 5.61. The molecule has 1 saturated carbocycles. The third-order valence-electron chi connectivity index (χ3n) is 6.19. The maximum Gasteiger partial charge on any atom is 0.159 e. The Hall–Kier alpha value is -0.670. The van der Waals surface area contributed by atoms with E-state index in [1.54, 1.807) is 0 Å². The van der Waals surface area contributed by atoms with Crippen molar-refractivity contribution in [3.63, 3.8) is 0 Å². The second-order valence-corrected chi connectivity index (χ2v) is 7.16. The van der Waals surface area contributed by atoms with Crippen molar-refractivity contribution in [2.24, 2.45) is 17.3 Å². The summed E-state index contributed by atoms with van der Waals surface area (Å²) in [4.78, 5) is 14.7. The predicted octanol–water partition coefficient (Wildman–Crippen LogP) is 2.11. The summed E-state index contributed by atoms with van der Waals surface area (Å²) in [5.41, 5.74) is 0.295. The average molecular weight is 261 g/mol. The van der Waals surface area contributed by atoms with Crippen molar-refractivity contribution in [1.82, 2.24) is 4.90 Å². The summed E-state index contributed by atoms with van der Waals surface area (Å²) < 4.78 is 0. The van der Waals surface area contributed by atoms with Crippen molar-refractivity contribution in [3.8, 4) is 0 Å². The highest BCUT2D eigenvalue weighted by atomic mass is 16.3. The van der Waals surface area contributed by atoms with Crippen LogP contribution < -0.4 is 0 Å². The van der Waals surface area contributed by atoms with Gasteiger partial charge in [0.15, 0.2) is 5.78 Å². The highest BCUT2D eigenvalue weighted by Gasteiger charge is 2.67. The first-order valence-corrected chi connectivity index (χ1v) is 7.80. The lowest BCUT2D eigenvalue weighted by atomic mass is 9.54. The zero-order valence-corrected chi connectivity index (χ0v) is 11.7. The minimum Gasteiger partial charge on any atom is -0.375 e. The summed E-state index contributed by atoms with van der Waals surface area (Å²) in [5.74, 6) is 0.839. The van der Waals surface area contributed by atoms with E-state index in [0.717, 1.165) is 51.6 Å². The zero-order valence-electron chi connectivity index (χ0n) is 11.7. The molecule has 0 aromatic heterocycles. The van der Waals surface area contributed by atoms with E-state index >= 15 is 0 Å². The number of carbonyl (C=O) groups is 1. The molecule has 0 amide bonds. The van der Waals surface area contributed by atoms with Crippen LogP contribution >= 0.6 is 0 Å². The molecule has 3 fully saturated rings. The number of carbonyl (C=O) groups excluding carboxylic acids is 1.